The van der Waals surface area contributed by atoms with E-state index < -0.39 is 5.24 Å². The van der Waals surface area contributed by atoms with Crippen molar-refractivity contribution in [1.82, 2.24) is 0 Å². The van der Waals surface area contributed by atoms with E-state index in [0.29, 0.717) is 79.3 Å². The van der Waals surface area contributed by atoms with Crippen LogP contribution in [0.1, 0.15) is 0 Å². The summed E-state index contributed by atoms with van der Waals surface area (Å²) >= 11 is 5.11. The summed E-state index contributed by atoms with van der Waals surface area (Å²) < 4.78 is 36.3. The second-order valence-electron chi connectivity index (χ2n) is 4.46. The Hall–Kier alpha value is -0.320. The molecule has 0 saturated carbocycles. The quantitative estimate of drug-likeness (QED) is 0.226. The Bertz CT molecular complexity index is 268. The van der Waals surface area contributed by atoms with E-state index in [1.54, 1.807) is 7.11 Å². The van der Waals surface area contributed by atoms with Gasteiger partial charge < -0.3 is 33.2 Å². The highest BCUT2D eigenvalue weighted by atomic mass is 35.5. The van der Waals surface area contributed by atoms with Crippen LogP contribution < -0.4 is 0 Å². The van der Waals surface area contributed by atoms with Gasteiger partial charge in [-0.05, 0) is 11.6 Å². The molecule has 0 heterocycles. The largest absolute Gasteiger partial charge is 0.382 e. The first kappa shape index (κ1) is 23.7. The van der Waals surface area contributed by atoms with Crippen molar-refractivity contribution in [2.45, 2.75) is 0 Å². The number of carbonyl (C=O) groups is 1. The van der Waals surface area contributed by atoms with Crippen molar-refractivity contribution in [3.05, 3.63) is 0 Å². The molecule has 0 N–H and O–H groups in total. The minimum absolute atomic E-state index is 0.0939. The van der Waals surface area contributed by atoms with Crippen LogP contribution in [-0.4, -0.2) is 98.2 Å². The molecule has 0 aliphatic rings. The first-order valence-electron chi connectivity index (χ1n) is 7.91. The van der Waals surface area contributed by atoms with Crippen molar-refractivity contribution in [2.24, 2.45) is 0 Å². The highest BCUT2D eigenvalue weighted by Gasteiger charge is 1.96. The fourth-order valence-electron chi connectivity index (χ4n) is 1.39. The third-order valence-corrected chi connectivity index (χ3v) is 2.62. The molecule has 0 fully saturated rings. The van der Waals surface area contributed by atoms with Gasteiger partial charge in [-0.1, -0.05) is 0 Å². The molecule has 0 aliphatic heterocycles. The van der Waals surface area contributed by atoms with Crippen molar-refractivity contribution < 1.29 is 38.0 Å². The molecular formula is C15H29ClO8. The van der Waals surface area contributed by atoms with Gasteiger partial charge in [0, 0.05) is 7.11 Å². The van der Waals surface area contributed by atoms with E-state index in [2.05, 4.69) is 0 Å². The molecule has 24 heavy (non-hydrogen) atoms. The van der Waals surface area contributed by atoms with E-state index in [1.165, 1.54) is 0 Å². The van der Waals surface area contributed by atoms with E-state index in [1.807, 2.05) is 0 Å². The van der Waals surface area contributed by atoms with Crippen molar-refractivity contribution in [1.29, 1.82) is 0 Å². The predicted octanol–water partition coefficient (Wildman–Crippen LogP) is 0.498. The Labute approximate surface area is 148 Å². The number of halogens is 1. The predicted molar refractivity (Wildman–Crippen MR) is 87.7 cm³/mol. The molecule has 0 aliphatic carbocycles. The molecule has 0 aromatic heterocycles. The Balaban J connectivity index is 2.97. The van der Waals surface area contributed by atoms with Crippen LogP contribution in [0.2, 0.25) is 0 Å². The summed E-state index contributed by atoms with van der Waals surface area (Å²) in [6.45, 7) is 5.92. The summed E-state index contributed by atoms with van der Waals surface area (Å²) in [6.07, 6.45) is 0. The third kappa shape index (κ3) is 21.7. The SMILES string of the molecule is COCCOCCOCCOCCOCCOCCOCC(=O)Cl. The second-order valence-corrected chi connectivity index (χ2v) is 4.88. The smallest absolute Gasteiger partial charge is 0.247 e. The molecule has 0 unspecified atom stereocenters. The Kier molecular flexibility index (Phi) is 20.4. The fourth-order valence-corrected chi connectivity index (χ4v) is 1.47. The molecule has 0 atom stereocenters. The fraction of sp³-hybridized carbons (Fsp3) is 0.933. The number of ether oxygens (including phenoxy) is 7. The van der Waals surface area contributed by atoms with Crippen LogP contribution in [0.4, 0.5) is 0 Å². The molecule has 0 aromatic rings. The standard InChI is InChI=1S/C15H29ClO8/c1-18-2-3-19-4-5-20-6-7-21-8-9-22-10-11-23-12-13-24-14-15(16)17/h2-14H2,1H3. The van der Waals surface area contributed by atoms with Gasteiger partial charge in [-0.2, -0.15) is 0 Å². The number of carbonyl (C=O) groups excluding carboxylic acids is 1. The van der Waals surface area contributed by atoms with E-state index in [4.69, 9.17) is 44.8 Å². The van der Waals surface area contributed by atoms with Gasteiger partial charge in [0.2, 0.25) is 5.24 Å². The van der Waals surface area contributed by atoms with Crippen LogP contribution in [-0.2, 0) is 38.0 Å². The van der Waals surface area contributed by atoms with Crippen LogP contribution in [0.5, 0.6) is 0 Å². The molecule has 0 rings (SSSR count). The average molecular weight is 373 g/mol. The molecular weight excluding hydrogens is 344 g/mol. The zero-order valence-corrected chi connectivity index (χ0v) is 15.1. The Morgan fingerprint density at radius 1 is 0.583 bits per heavy atom. The van der Waals surface area contributed by atoms with Gasteiger partial charge in [-0.25, -0.2) is 0 Å². The summed E-state index contributed by atoms with van der Waals surface area (Å²) in [7, 11) is 1.64. The second kappa shape index (κ2) is 20.7. The lowest BCUT2D eigenvalue weighted by molar-refractivity contribution is -0.116. The maximum atomic E-state index is 10.4. The van der Waals surface area contributed by atoms with E-state index in [9.17, 15) is 4.79 Å². The lowest BCUT2D eigenvalue weighted by Crippen LogP contribution is -2.14. The third-order valence-electron chi connectivity index (χ3n) is 2.51. The maximum absolute atomic E-state index is 10.4. The van der Waals surface area contributed by atoms with Gasteiger partial charge in [-0.15, -0.1) is 0 Å². The lowest BCUT2D eigenvalue weighted by atomic mass is 10.7. The number of methoxy groups -OCH3 is 1. The summed E-state index contributed by atoms with van der Waals surface area (Å²) in [6, 6.07) is 0. The monoisotopic (exact) mass is 372 g/mol. The molecule has 0 aromatic carbocycles. The molecule has 0 spiro atoms. The van der Waals surface area contributed by atoms with Gasteiger partial charge in [0.05, 0.1) is 79.3 Å². The highest BCUT2D eigenvalue weighted by molar-refractivity contribution is 6.63. The molecule has 0 radical (unpaired) electrons. The number of hydrogen-bond acceptors (Lipinski definition) is 8. The molecule has 8 nitrogen and oxygen atoms in total. The molecule has 0 amide bonds. The molecule has 9 heteroatoms. The summed E-state index contributed by atoms with van der Waals surface area (Å²) in [5.74, 6) is 0. The van der Waals surface area contributed by atoms with E-state index in [0.717, 1.165) is 0 Å². The van der Waals surface area contributed by atoms with Crippen LogP contribution in [0.15, 0.2) is 0 Å². The van der Waals surface area contributed by atoms with Crippen molar-refractivity contribution in [2.75, 3.05) is 93.0 Å². The van der Waals surface area contributed by atoms with Gasteiger partial charge in [0.25, 0.3) is 0 Å². The Morgan fingerprint density at radius 2 is 0.875 bits per heavy atom. The first-order chi connectivity index (χ1) is 11.8. The zero-order valence-electron chi connectivity index (χ0n) is 14.3. The molecule has 0 saturated heterocycles. The van der Waals surface area contributed by atoms with Crippen LogP contribution in [0.25, 0.3) is 0 Å². The van der Waals surface area contributed by atoms with Gasteiger partial charge in [0.15, 0.2) is 0 Å². The summed E-state index contributed by atoms with van der Waals surface area (Å²) in [5.41, 5.74) is 0. The average Bonchev–Trinajstić information content (AvgIpc) is 2.56. The maximum Gasteiger partial charge on any atom is 0.247 e. The molecule has 0 bridgehead atoms. The van der Waals surface area contributed by atoms with E-state index >= 15 is 0 Å². The number of hydrogen-bond donors (Lipinski definition) is 0. The minimum Gasteiger partial charge on any atom is -0.382 e. The Morgan fingerprint density at radius 3 is 1.17 bits per heavy atom. The van der Waals surface area contributed by atoms with Crippen molar-refractivity contribution in [3.8, 4) is 0 Å². The van der Waals surface area contributed by atoms with Crippen LogP contribution >= 0.6 is 11.6 Å². The molecule has 144 valence electrons. The van der Waals surface area contributed by atoms with E-state index in [-0.39, 0.29) is 6.61 Å². The lowest BCUT2D eigenvalue weighted by Gasteiger charge is -2.08. The van der Waals surface area contributed by atoms with Gasteiger partial charge in [0.1, 0.15) is 6.61 Å². The number of rotatable bonds is 20. The van der Waals surface area contributed by atoms with Crippen LogP contribution in [0, 0.1) is 0 Å². The summed E-state index contributed by atoms with van der Waals surface area (Å²) in [5, 5.41) is -0.515. The van der Waals surface area contributed by atoms with Gasteiger partial charge >= 0.3 is 0 Å². The van der Waals surface area contributed by atoms with Crippen molar-refractivity contribution >= 4 is 16.8 Å². The van der Waals surface area contributed by atoms with Crippen molar-refractivity contribution in [3.63, 3.8) is 0 Å². The van der Waals surface area contributed by atoms with Gasteiger partial charge in [-0.3, -0.25) is 4.79 Å². The topological polar surface area (TPSA) is 81.7 Å². The summed E-state index contributed by atoms with van der Waals surface area (Å²) in [4.78, 5) is 10.4. The minimum atomic E-state index is -0.515. The zero-order chi connectivity index (χ0) is 17.7. The highest BCUT2D eigenvalue weighted by Crippen LogP contribution is 1.86. The first-order valence-corrected chi connectivity index (χ1v) is 8.29. The normalized spacial score (nSPS) is 11.1. The van der Waals surface area contributed by atoms with Crippen LogP contribution in [0.3, 0.4) is 0 Å².